The van der Waals surface area contributed by atoms with Gasteiger partial charge in [-0.05, 0) is 36.6 Å². The SMILES string of the molecule is O=C(c1ccc(=O)[nH]c1)N1CCCC[C@@H](c2ccc(F)cc2)C1. The molecule has 1 aliphatic rings. The van der Waals surface area contributed by atoms with Crippen molar-refractivity contribution in [1.82, 2.24) is 9.88 Å². The fraction of sp³-hybridized carbons (Fsp3) is 0.333. The standard InChI is InChI=1S/C18H19FN2O2/c19-16-7-4-13(5-8-16)15-3-1-2-10-21(12-15)18(23)14-6-9-17(22)20-11-14/h4-9,11,15H,1-3,10,12H2,(H,20,22)/t15-/m1/s1. The molecule has 1 N–H and O–H groups in total. The Balaban J connectivity index is 1.79. The van der Waals surface area contributed by atoms with Crippen molar-refractivity contribution < 1.29 is 9.18 Å². The molecule has 1 amide bonds. The van der Waals surface area contributed by atoms with Crippen molar-refractivity contribution >= 4 is 5.91 Å². The van der Waals surface area contributed by atoms with Gasteiger partial charge in [-0.15, -0.1) is 0 Å². The van der Waals surface area contributed by atoms with Gasteiger partial charge in [-0.1, -0.05) is 18.6 Å². The third-order valence-electron chi connectivity index (χ3n) is 4.33. The molecule has 0 saturated carbocycles. The number of halogens is 1. The molecule has 1 aliphatic heterocycles. The van der Waals surface area contributed by atoms with E-state index < -0.39 is 0 Å². The van der Waals surface area contributed by atoms with E-state index in [4.69, 9.17) is 0 Å². The molecule has 1 fully saturated rings. The van der Waals surface area contributed by atoms with Gasteiger partial charge < -0.3 is 9.88 Å². The maximum Gasteiger partial charge on any atom is 0.255 e. The van der Waals surface area contributed by atoms with Crippen LogP contribution < -0.4 is 5.56 Å². The molecule has 0 aliphatic carbocycles. The number of carbonyl (C=O) groups is 1. The highest BCUT2D eigenvalue weighted by molar-refractivity contribution is 5.93. The normalized spacial score (nSPS) is 18.5. The van der Waals surface area contributed by atoms with Crippen molar-refractivity contribution in [1.29, 1.82) is 0 Å². The number of rotatable bonds is 2. The summed E-state index contributed by atoms with van der Waals surface area (Å²) in [4.78, 5) is 28.1. The first-order valence-electron chi connectivity index (χ1n) is 7.87. The van der Waals surface area contributed by atoms with Gasteiger partial charge in [0, 0.05) is 31.3 Å². The van der Waals surface area contributed by atoms with Gasteiger partial charge in [0.15, 0.2) is 0 Å². The van der Waals surface area contributed by atoms with Gasteiger partial charge >= 0.3 is 0 Å². The zero-order valence-electron chi connectivity index (χ0n) is 12.8. The van der Waals surface area contributed by atoms with Crippen LogP contribution in [-0.2, 0) is 0 Å². The van der Waals surface area contributed by atoms with Gasteiger partial charge in [-0.2, -0.15) is 0 Å². The number of H-pyrrole nitrogens is 1. The molecule has 0 spiro atoms. The van der Waals surface area contributed by atoms with Crippen LogP contribution in [0, 0.1) is 5.82 Å². The van der Waals surface area contributed by atoms with Crippen LogP contribution in [0.5, 0.6) is 0 Å². The first-order chi connectivity index (χ1) is 11.1. The summed E-state index contributed by atoms with van der Waals surface area (Å²) in [7, 11) is 0. The summed E-state index contributed by atoms with van der Waals surface area (Å²) in [6.07, 6.45) is 4.44. The number of pyridine rings is 1. The van der Waals surface area contributed by atoms with Crippen LogP contribution in [0.1, 0.15) is 41.1 Å². The van der Waals surface area contributed by atoms with E-state index in [2.05, 4.69) is 4.98 Å². The number of nitrogens with zero attached hydrogens (tertiary/aromatic N) is 1. The second kappa shape index (κ2) is 6.77. The molecule has 0 unspecified atom stereocenters. The van der Waals surface area contributed by atoms with Crippen LogP contribution >= 0.6 is 0 Å². The van der Waals surface area contributed by atoms with Gasteiger partial charge in [-0.25, -0.2) is 4.39 Å². The van der Waals surface area contributed by atoms with Crippen LogP contribution in [0.4, 0.5) is 4.39 Å². The van der Waals surface area contributed by atoms with E-state index in [0.29, 0.717) is 18.7 Å². The Bertz CT molecular complexity index is 719. The zero-order chi connectivity index (χ0) is 16.2. The molecule has 3 rings (SSSR count). The largest absolute Gasteiger partial charge is 0.338 e. The van der Waals surface area contributed by atoms with E-state index >= 15 is 0 Å². The average Bonchev–Trinajstić information content (AvgIpc) is 2.82. The minimum absolute atomic E-state index is 0.0738. The summed E-state index contributed by atoms with van der Waals surface area (Å²) in [5.41, 5.74) is 1.33. The Labute approximate surface area is 134 Å². The highest BCUT2D eigenvalue weighted by Gasteiger charge is 2.24. The van der Waals surface area contributed by atoms with Crippen molar-refractivity contribution in [2.75, 3.05) is 13.1 Å². The Hall–Kier alpha value is -2.43. The lowest BCUT2D eigenvalue weighted by Crippen LogP contribution is -2.34. The highest BCUT2D eigenvalue weighted by atomic mass is 19.1. The smallest absolute Gasteiger partial charge is 0.255 e. The Morgan fingerprint density at radius 2 is 1.91 bits per heavy atom. The molecule has 4 nitrogen and oxygen atoms in total. The number of nitrogens with one attached hydrogen (secondary N) is 1. The Morgan fingerprint density at radius 1 is 1.13 bits per heavy atom. The lowest BCUT2D eigenvalue weighted by atomic mass is 9.94. The third kappa shape index (κ3) is 3.67. The average molecular weight is 314 g/mol. The van der Waals surface area contributed by atoms with Crippen molar-refractivity contribution in [3.05, 3.63) is 69.9 Å². The first-order valence-corrected chi connectivity index (χ1v) is 7.87. The molecular formula is C18H19FN2O2. The van der Waals surface area contributed by atoms with E-state index in [1.165, 1.54) is 24.4 Å². The van der Waals surface area contributed by atoms with Gasteiger partial charge in [0.05, 0.1) is 5.56 Å². The molecule has 1 aromatic carbocycles. The second-order valence-corrected chi connectivity index (χ2v) is 5.94. The van der Waals surface area contributed by atoms with Crippen molar-refractivity contribution in [3.8, 4) is 0 Å². The number of carbonyl (C=O) groups excluding carboxylic acids is 1. The predicted molar refractivity (Wildman–Crippen MR) is 86.0 cm³/mol. The van der Waals surface area contributed by atoms with E-state index in [1.54, 1.807) is 18.2 Å². The molecule has 1 aromatic heterocycles. The van der Waals surface area contributed by atoms with E-state index in [-0.39, 0.29) is 23.2 Å². The maximum atomic E-state index is 13.1. The predicted octanol–water partition coefficient (Wildman–Crippen LogP) is 2.92. The third-order valence-corrected chi connectivity index (χ3v) is 4.33. The topological polar surface area (TPSA) is 53.2 Å². The monoisotopic (exact) mass is 314 g/mol. The molecule has 120 valence electrons. The number of benzene rings is 1. The van der Waals surface area contributed by atoms with Crippen LogP contribution in [0.3, 0.4) is 0 Å². The number of aromatic nitrogens is 1. The van der Waals surface area contributed by atoms with E-state index in [0.717, 1.165) is 24.8 Å². The van der Waals surface area contributed by atoms with Crippen LogP contribution in [0.25, 0.3) is 0 Å². The van der Waals surface area contributed by atoms with E-state index in [1.807, 2.05) is 4.90 Å². The lowest BCUT2D eigenvalue weighted by molar-refractivity contribution is 0.0754. The van der Waals surface area contributed by atoms with Crippen LogP contribution in [0.2, 0.25) is 0 Å². The number of aromatic amines is 1. The lowest BCUT2D eigenvalue weighted by Gasteiger charge is -2.25. The maximum absolute atomic E-state index is 13.1. The van der Waals surface area contributed by atoms with Gasteiger partial charge in [0.2, 0.25) is 5.56 Å². The fourth-order valence-corrected chi connectivity index (χ4v) is 3.06. The summed E-state index contributed by atoms with van der Waals surface area (Å²) in [6, 6.07) is 9.45. The van der Waals surface area contributed by atoms with Crippen molar-refractivity contribution in [2.45, 2.75) is 25.2 Å². The van der Waals surface area contributed by atoms with Gasteiger partial charge in [-0.3, -0.25) is 9.59 Å². The molecule has 0 radical (unpaired) electrons. The summed E-state index contributed by atoms with van der Waals surface area (Å²) >= 11 is 0. The van der Waals surface area contributed by atoms with Crippen LogP contribution in [-0.4, -0.2) is 28.9 Å². The summed E-state index contributed by atoms with van der Waals surface area (Å²) in [6.45, 7) is 1.32. The summed E-state index contributed by atoms with van der Waals surface area (Å²) in [5.74, 6) is -0.108. The second-order valence-electron chi connectivity index (χ2n) is 5.94. The first kappa shape index (κ1) is 15.5. The minimum Gasteiger partial charge on any atom is -0.338 e. The molecule has 2 heterocycles. The fourth-order valence-electron chi connectivity index (χ4n) is 3.06. The minimum atomic E-state index is -0.247. The Kier molecular flexibility index (Phi) is 4.55. The molecular weight excluding hydrogens is 295 g/mol. The zero-order valence-corrected chi connectivity index (χ0v) is 12.8. The molecule has 2 aromatic rings. The molecule has 5 heteroatoms. The molecule has 23 heavy (non-hydrogen) atoms. The van der Waals surface area contributed by atoms with Gasteiger partial charge in [0.1, 0.15) is 5.82 Å². The highest BCUT2D eigenvalue weighted by Crippen LogP contribution is 2.27. The number of hydrogen-bond donors (Lipinski definition) is 1. The molecule has 1 saturated heterocycles. The summed E-state index contributed by atoms with van der Waals surface area (Å²) in [5, 5.41) is 0. The summed E-state index contributed by atoms with van der Waals surface area (Å²) < 4.78 is 13.1. The number of likely N-dealkylation sites (tertiary alicyclic amines) is 1. The number of amides is 1. The molecule has 1 atom stereocenters. The number of hydrogen-bond acceptors (Lipinski definition) is 2. The van der Waals surface area contributed by atoms with Gasteiger partial charge in [0.25, 0.3) is 5.91 Å². The van der Waals surface area contributed by atoms with Crippen LogP contribution in [0.15, 0.2) is 47.4 Å². The quantitative estimate of drug-likeness (QED) is 0.926. The Morgan fingerprint density at radius 3 is 2.61 bits per heavy atom. The van der Waals surface area contributed by atoms with Crippen molar-refractivity contribution in [3.63, 3.8) is 0 Å². The van der Waals surface area contributed by atoms with Crippen molar-refractivity contribution in [2.24, 2.45) is 0 Å². The molecule has 0 bridgehead atoms. The van der Waals surface area contributed by atoms with E-state index in [9.17, 15) is 14.0 Å².